The molecule has 0 aromatic carbocycles. The van der Waals surface area contributed by atoms with Gasteiger partial charge in [0.1, 0.15) is 0 Å². The minimum Gasteiger partial charge on any atom is -0.296 e. The van der Waals surface area contributed by atoms with Gasteiger partial charge in [-0.25, -0.2) is 0 Å². The highest BCUT2D eigenvalue weighted by Crippen LogP contribution is 2.29. The van der Waals surface area contributed by atoms with Crippen LogP contribution in [0.5, 0.6) is 0 Å². The van der Waals surface area contributed by atoms with Crippen LogP contribution < -0.4 is 0 Å². The van der Waals surface area contributed by atoms with E-state index in [4.69, 9.17) is 0 Å². The standard InChI is InChI=1S/C14H21NOS/c1-3-8-15(9-12-5-6-12)10-13(16)14-7-4-11(2)17-14/h4,7,12H,3,5-6,8-10H2,1-2H3. The molecule has 0 radical (unpaired) electrons. The molecule has 1 saturated carbocycles. The molecule has 94 valence electrons. The zero-order chi connectivity index (χ0) is 12.3. The smallest absolute Gasteiger partial charge is 0.186 e. The lowest BCUT2D eigenvalue weighted by molar-refractivity contribution is 0.0931. The van der Waals surface area contributed by atoms with Crippen molar-refractivity contribution in [3.63, 3.8) is 0 Å². The van der Waals surface area contributed by atoms with Crippen molar-refractivity contribution in [2.45, 2.75) is 33.1 Å². The fourth-order valence-electron chi connectivity index (χ4n) is 2.08. The third-order valence-electron chi connectivity index (χ3n) is 3.14. The van der Waals surface area contributed by atoms with Crippen molar-refractivity contribution in [1.82, 2.24) is 4.90 Å². The molecule has 1 heterocycles. The Balaban J connectivity index is 1.89. The molecule has 2 rings (SSSR count). The minimum absolute atomic E-state index is 0.289. The summed E-state index contributed by atoms with van der Waals surface area (Å²) in [6.45, 7) is 7.00. The molecule has 2 nitrogen and oxygen atoms in total. The van der Waals surface area contributed by atoms with Crippen LogP contribution >= 0.6 is 11.3 Å². The summed E-state index contributed by atoms with van der Waals surface area (Å²) >= 11 is 1.61. The third kappa shape index (κ3) is 3.93. The van der Waals surface area contributed by atoms with E-state index in [0.29, 0.717) is 6.54 Å². The van der Waals surface area contributed by atoms with E-state index in [0.717, 1.165) is 30.3 Å². The Morgan fingerprint density at radius 3 is 2.76 bits per heavy atom. The van der Waals surface area contributed by atoms with Crippen molar-refractivity contribution in [3.05, 3.63) is 21.9 Å². The highest BCUT2D eigenvalue weighted by molar-refractivity contribution is 7.14. The molecule has 1 aromatic heterocycles. The molecule has 3 heteroatoms. The Kier molecular flexibility index (Phi) is 4.35. The number of hydrogen-bond donors (Lipinski definition) is 0. The number of Topliss-reactive ketones (excluding diaryl/α,β-unsaturated/α-hetero) is 1. The van der Waals surface area contributed by atoms with Crippen LogP contribution in [0.1, 0.15) is 40.7 Å². The maximum atomic E-state index is 12.1. The maximum Gasteiger partial charge on any atom is 0.186 e. The lowest BCUT2D eigenvalue weighted by Gasteiger charge is -2.20. The summed E-state index contributed by atoms with van der Waals surface area (Å²) in [4.78, 5) is 16.6. The van der Waals surface area contributed by atoms with Gasteiger partial charge in [-0.1, -0.05) is 6.92 Å². The Morgan fingerprint density at radius 1 is 1.47 bits per heavy atom. The predicted octanol–water partition coefficient (Wildman–Crippen LogP) is 3.36. The van der Waals surface area contributed by atoms with Gasteiger partial charge < -0.3 is 0 Å². The first-order valence-corrected chi connectivity index (χ1v) is 7.32. The van der Waals surface area contributed by atoms with Crippen LogP contribution in [-0.2, 0) is 0 Å². The molecule has 0 amide bonds. The van der Waals surface area contributed by atoms with Crippen molar-refractivity contribution in [3.8, 4) is 0 Å². The second-order valence-electron chi connectivity index (χ2n) is 5.01. The van der Waals surface area contributed by atoms with E-state index < -0.39 is 0 Å². The predicted molar refractivity (Wildman–Crippen MR) is 72.8 cm³/mol. The van der Waals surface area contributed by atoms with Crippen molar-refractivity contribution in [2.75, 3.05) is 19.6 Å². The van der Waals surface area contributed by atoms with Gasteiger partial charge in [0.25, 0.3) is 0 Å². The quantitative estimate of drug-likeness (QED) is 0.693. The molecule has 0 unspecified atom stereocenters. The average Bonchev–Trinajstić information content (AvgIpc) is 2.98. The van der Waals surface area contributed by atoms with Gasteiger partial charge in [0.2, 0.25) is 0 Å². The van der Waals surface area contributed by atoms with Crippen molar-refractivity contribution in [2.24, 2.45) is 5.92 Å². The molecule has 1 aromatic rings. The summed E-state index contributed by atoms with van der Waals surface area (Å²) in [6, 6.07) is 3.99. The second kappa shape index (κ2) is 5.78. The molecule has 1 fully saturated rings. The van der Waals surface area contributed by atoms with E-state index in [1.165, 1.54) is 17.7 Å². The summed E-state index contributed by atoms with van der Waals surface area (Å²) in [5, 5.41) is 0. The van der Waals surface area contributed by atoms with Crippen LogP contribution in [0, 0.1) is 12.8 Å². The summed E-state index contributed by atoms with van der Waals surface area (Å²) < 4.78 is 0. The van der Waals surface area contributed by atoms with Gasteiger partial charge in [0.15, 0.2) is 5.78 Å². The first kappa shape index (κ1) is 12.8. The van der Waals surface area contributed by atoms with Crippen molar-refractivity contribution in [1.29, 1.82) is 0 Å². The van der Waals surface area contributed by atoms with Crippen LogP contribution in [0.4, 0.5) is 0 Å². The lowest BCUT2D eigenvalue weighted by Crippen LogP contribution is -2.32. The van der Waals surface area contributed by atoms with Crippen molar-refractivity contribution >= 4 is 17.1 Å². The Labute approximate surface area is 108 Å². The highest BCUT2D eigenvalue weighted by atomic mass is 32.1. The molecule has 17 heavy (non-hydrogen) atoms. The number of carbonyl (C=O) groups excluding carboxylic acids is 1. The number of nitrogens with zero attached hydrogens (tertiary/aromatic N) is 1. The molecular weight excluding hydrogens is 230 g/mol. The van der Waals surface area contributed by atoms with Crippen LogP contribution in [0.2, 0.25) is 0 Å². The van der Waals surface area contributed by atoms with E-state index >= 15 is 0 Å². The number of aryl methyl sites for hydroxylation is 1. The average molecular weight is 251 g/mol. The largest absolute Gasteiger partial charge is 0.296 e. The van der Waals surface area contributed by atoms with Gasteiger partial charge in [0, 0.05) is 11.4 Å². The topological polar surface area (TPSA) is 20.3 Å². The second-order valence-corrected chi connectivity index (χ2v) is 6.30. The first-order chi connectivity index (χ1) is 8.19. The normalized spacial score (nSPS) is 15.5. The molecule has 0 bridgehead atoms. The van der Waals surface area contributed by atoms with Gasteiger partial charge in [-0.15, -0.1) is 11.3 Å². The number of ketones is 1. The molecule has 0 saturated heterocycles. The number of thiophene rings is 1. The Morgan fingerprint density at radius 2 is 2.24 bits per heavy atom. The summed E-state index contributed by atoms with van der Waals surface area (Å²) in [7, 11) is 0. The van der Waals surface area contributed by atoms with Gasteiger partial charge in [-0.3, -0.25) is 9.69 Å². The first-order valence-electron chi connectivity index (χ1n) is 6.51. The highest BCUT2D eigenvalue weighted by Gasteiger charge is 2.25. The molecule has 1 aliphatic rings. The monoisotopic (exact) mass is 251 g/mol. The van der Waals surface area contributed by atoms with Crippen LogP contribution in [0.15, 0.2) is 12.1 Å². The van der Waals surface area contributed by atoms with Crippen LogP contribution in [0.25, 0.3) is 0 Å². The number of rotatable bonds is 7. The zero-order valence-electron chi connectivity index (χ0n) is 10.7. The van der Waals surface area contributed by atoms with E-state index in [1.807, 2.05) is 12.1 Å². The zero-order valence-corrected chi connectivity index (χ0v) is 11.6. The number of carbonyl (C=O) groups is 1. The van der Waals surface area contributed by atoms with E-state index in [9.17, 15) is 4.79 Å². The van der Waals surface area contributed by atoms with Gasteiger partial charge >= 0.3 is 0 Å². The van der Waals surface area contributed by atoms with E-state index in [1.54, 1.807) is 11.3 Å². The SMILES string of the molecule is CCCN(CC(=O)c1ccc(C)s1)CC1CC1. The lowest BCUT2D eigenvalue weighted by atomic mass is 10.2. The summed E-state index contributed by atoms with van der Waals surface area (Å²) in [6.07, 6.45) is 3.84. The molecule has 1 aliphatic carbocycles. The maximum absolute atomic E-state index is 12.1. The minimum atomic E-state index is 0.289. The molecule has 0 N–H and O–H groups in total. The van der Waals surface area contributed by atoms with Gasteiger partial charge in [0.05, 0.1) is 11.4 Å². The molecular formula is C14H21NOS. The van der Waals surface area contributed by atoms with Gasteiger partial charge in [-0.05, 0) is 50.8 Å². The third-order valence-corrected chi connectivity index (χ3v) is 4.18. The summed E-state index contributed by atoms with van der Waals surface area (Å²) in [5.41, 5.74) is 0. The van der Waals surface area contributed by atoms with Crippen molar-refractivity contribution < 1.29 is 4.79 Å². The fraction of sp³-hybridized carbons (Fsp3) is 0.643. The Hall–Kier alpha value is -0.670. The molecule has 0 atom stereocenters. The van der Waals surface area contributed by atoms with Crippen LogP contribution in [0.3, 0.4) is 0 Å². The van der Waals surface area contributed by atoms with E-state index in [2.05, 4.69) is 18.7 Å². The fourth-order valence-corrected chi connectivity index (χ4v) is 2.88. The van der Waals surface area contributed by atoms with E-state index in [-0.39, 0.29) is 5.78 Å². The molecule has 0 aliphatic heterocycles. The number of hydrogen-bond acceptors (Lipinski definition) is 3. The van der Waals surface area contributed by atoms with Gasteiger partial charge in [-0.2, -0.15) is 0 Å². The Bertz CT molecular complexity index is 381. The summed E-state index contributed by atoms with van der Waals surface area (Å²) in [5.74, 6) is 1.15. The van der Waals surface area contributed by atoms with Crippen LogP contribution in [-0.4, -0.2) is 30.3 Å². The molecule has 0 spiro atoms.